The molecule has 0 aromatic carbocycles. The molecular formula is C12H18N2O. The van der Waals surface area contributed by atoms with Crippen LogP contribution in [0.1, 0.15) is 18.5 Å². The van der Waals surface area contributed by atoms with Gasteiger partial charge < -0.3 is 9.64 Å². The SMILES string of the molecule is Cc1cc(OC2CC(N(C)C)C2)ccn1. The Labute approximate surface area is 91.1 Å². The van der Waals surface area contributed by atoms with E-state index in [9.17, 15) is 0 Å². The van der Waals surface area contributed by atoms with Gasteiger partial charge in [0.2, 0.25) is 0 Å². The van der Waals surface area contributed by atoms with Crippen LogP contribution in [0.15, 0.2) is 18.3 Å². The number of aromatic nitrogens is 1. The molecule has 1 heterocycles. The van der Waals surface area contributed by atoms with Gasteiger partial charge in [-0.15, -0.1) is 0 Å². The van der Waals surface area contributed by atoms with Gasteiger partial charge in [-0.05, 0) is 39.9 Å². The van der Waals surface area contributed by atoms with Crippen molar-refractivity contribution in [2.75, 3.05) is 14.1 Å². The van der Waals surface area contributed by atoms with E-state index in [1.165, 1.54) is 0 Å². The first kappa shape index (κ1) is 10.4. The van der Waals surface area contributed by atoms with Gasteiger partial charge in [-0.25, -0.2) is 0 Å². The number of nitrogens with zero attached hydrogens (tertiary/aromatic N) is 2. The molecule has 2 rings (SSSR count). The molecule has 1 aromatic rings. The zero-order valence-electron chi connectivity index (χ0n) is 9.60. The predicted octanol–water partition coefficient (Wildman–Crippen LogP) is 1.86. The first-order valence-electron chi connectivity index (χ1n) is 5.41. The van der Waals surface area contributed by atoms with Crippen LogP contribution in [-0.2, 0) is 0 Å². The van der Waals surface area contributed by atoms with Crippen molar-refractivity contribution in [2.45, 2.75) is 31.9 Å². The second-order valence-corrected chi connectivity index (χ2v) is 4.46. The van der Waals surface area contributed by atoms with Gasteiger partial charge in [0.25, 0.3) is 0 Å². The average Bonchev–Trinajstić information content (AvgIpc) is 2.10. The van der Waals surface area contributed by atoms with Crippen molar-refractivity contribution in [3.8, 4) is 5.75 Å². The van der Waals surface area contributed by atoms with Gasteiger partial charge in [0.15, 0.2) is 0 Å². The van der Waals surface area contributed by atoms with Crippen molar-refractivity contribution in [1.82, 2.24) is 9.88 Å². The smallest absolute Gasteiger partial charge is 0.123 e. The van der Waals surface area contributed by atoms with Gasteiger partial charge in [-0.3, -0.25) is 4.98 Å². The fourth-order valence-electron chi connectivity index (χ4n) is 1.84. The molecule has 1 aromatic heterocycles. The lowest BCUT2D eigenvalue weighted by atomic mass is 9.88. The highest BCUT2D eigenvalue weighted by atomic mass is 16.5. The second kappa shape index (κ2) is 4.19. The molecule has 0 spiro atoms. The molecular weight excluding hydrogens is 188 g/mol. The van der Waals surface area contributed by atoms with Gasteiger partial charge in [0, 0.05) is 24.0 Å². The molecule has 1 aliphatic rings. The van der Waals surface area contributed by atoms with Crippen molar-refractivity contribution in [3.05, 3.63) is 24.0 Å². The van der Waals surface area contributed by atoms with Gasteiger partial charge in [-0.2, -0.15) is 0 Å². The van der Waals surface area contributed by atoms with E-state index in [1.54, 1.807) is 6.20 Å². The Bertz CT molecular complexity index is 332. The Balaban J connectivity index is 1.85. The second-order valence-electron chi connectivity index (χ2n) is 4.46. The fraction of sp³-hybridized carbons (Fsp3) is 0.583. The Kier molecular flexibility index (Phi) is 2.91. The lowest BCUT2D eigenvalue weighted by Crippen LogP contribution is -2.46. The third-order valence-electron chi connectivity index (χ3n) is 2.97. The van der Waals surface area contributed by atoms with E-state index in [4.69, 9.17) is 4.74 Å². The minimum absolute atomic E-state index is 0.388. The molecule has 1 aliphatic carbocycles. The van der Waals surface area contributed by atoms with Crippen LogP contribution in [0, 0.1) is 6.92 Å². The monoisotopic (exact) mass is 206 g/mol. The average molecular weight is 206 g/mol. The maximum absolute atomic E-state index is 5.84. The molecule has 82 valence electrons. The molecule has 1 fully saturated rings. The highest BCUT2D eigenvalue weighted by Crippen LogP contribution is 2.28. The Hall–Kier alpha value is -1.09. The summed E-state index contributed by atoms with van der Waals surface area (Å²) in [5.41, 5.74) is 1.01. The quantitative estimate of drug-likeness (QED) is 0.755. The largest absolute Gasteiger partial charge is 0.490 e. The molecule has 0 saturated heterocycles. The first-order chi connectivity index (χ1) is 7.15. The first-order valence-corrected chi connectivity index (χ1v) is 5.41. The van der Waals surface area contributed by atoms with E-state index in [1.807, 2.05) is 19.1 Å². The van der Waals surface area contributed by atoms with E-state index >= 15 is 0 Å². The summed E-state index contributed by atoms with van der Waals surface area (Å²) >= 11 is 0. The maximum Gasteiger partial charge on any atom is 0.123 e. The molecule has 0 amide bonds. The molecule has 0 N–H and O–H groups in total. The Morgan fingerprint density at radius 2 is 2.13 bits per heavy atom. The normalized spacial score (nSPS) is 25.1. The number of aryl methyl sites for hydroxylation is 1. The number of rotatable bonds is 3. The summed E-state index contributed by atoms with van der Waals surface area (Å²) in [6.45, 7) is 1.98. The molecule has 0 radical (unpaired) electrons. The summed E-state index contributed by atoms with van der Waals surface area (Å²) in [5.74, 6) is 0.949. The number of hydrogen-bond donors (Lipinski definition) is 0. The van der Waals surface area contributed by atoms with Crippen LogP contribution in [0.5, 0.6) is 5.75 Å². The van der Waals surface area contributed by atoms with E-state index in [2.05, 4.69) is 24.0 Å². The van der Waals surface area contributed by atoms with Gasteiger partial charge in [0.1, 0.15) is 11.9 Å². The molecule has 1 saturated carbocycles. The lowest BCUT2D eigenvalue weighted by Gasteiger charge is -2.39. The molecule has 0 bridgehead atoms. The summed E-state index contributed by atoms with van der Waals surface area (Å²) in [6.07, 6.45) is 4.45. The van der Waals surface area contributed by atoms with Gasteiger partial charge >= 0.3 is 0 Å². The van der Waals surface area contributed by atoms with Crippen molar-refractivity contribution in [3.63, 3.8) is 0 Å². The zero-order valence-corrected chi connectivity index (χ0v) is 9.60. The van der Waals surface area contributed by atoms with Crippen LogP contribution in [0.4, 0.5) is 0 Å². The maximum atomic E-state index is 5.84. The van der Waals surface area contributed by atoms with Crippen LogP contribution in [0.25, 0.3) is 0 Å². The number of ether oxygens (including phenoxy) is 1. The predicted molar refractivity (Wildman–Crippen MR) is 60.1 cm³/mol. The lowest BCUT2D eigenvalue weighted by molar-refractivity contribution is 0.0400. The number of pyridine rings is 1. The van der Waals surface area contributed by atoms with Crippen LogP contribution in [0.2, 0.25) is 0 Å². The summed E-state index contributed by atoms with van der Waals surface area (Å²) < 4.78 is 5.84. The summed E-state index contributed by atoms with van der Waals surface area (Å²) in [5, 5.41) is 0. The minimum atomic E-state index is 0.388. The Morgan fingerprint density at radius 1 is 1.40 bits per heavy atom. The third-order valence-corrected chi connectivity index (χ3v) is 2.97. The zero-order chi connectivity index (χ0) is 10.8. The van der Waals surface area contributed by atoms with Gasteiger partial charge in [0.05, 0.1) is 0 Å². The molecule has 3 nitrogen and oxygen atoms in total. The molecule has 0 aliphatic heterocycles. The van der Waals surface area contributed by atoms with E-state index in [-0.39, 0.29) is 0 Å². The van der Waals surface area contributed by atoms with Crippen LogP contribution in [-0.4, -0.2) is 36.1 Å². The molecule has 0 atom stereocenters. The number of hydrogen-bond acceptors (Lipinski definition) is 3. The van der Waals surface area contributed by atoms with Crippen LogP contribution >= 0.6 is 0 Å². The summed E-state index contributed by atoms with van der Waals surface area (Å²) in [6, 6.07) is 4.61. The van der Waals surface area contributed by atoms with E-state index < -0.39 is 0 Å². The highest BCUT2D eigenvalue weighted by Gasteiger charge is 2.32. The minimum Gasteiger partial charge on any atom is -0.490 e. The van der Waals surface area contributed by atoms with Crippen LogP contribution in [0.3, 0.4) is 0 Å². The summed E-state index contributed by atoms with van der Waals surface area (Å²) in [7, 11) is 4.24. The van der Waals surface area contributed by atoms with Crippen molar-refractivity contribution in [2.24, 2.45) is 0 Å². The third kappa shape index (κ3) is 2.48. The fourth-order valence-corrected chi connectivity index (χ4v) is 1.84. The Morgan fingerprint density at radius 3 is 2.73 bits per heavy atom. The van der Waals surface area contributed by atoms with Crippen LogP contribution < -0.4 is 4.74 Å². The standard InChI is InChI=1S/C12H18N2O/c1-9-6-11(4-5-13-9)15-12-7-10(8-12)14(2)3/h4-6,10,12H,7-8H2,1-3H3. The van der Waals surface area contributed by atoms with Crippen molar-refractivity contribution >= 4 is 0 Å². The summed E-state index contributed by atoms with van der Waals surface area (Å²) in [4.78, 5) is 6.41. The van der Waals surface area contributed by atoms with E-state index in [0.717, 1.165) is 24.3 Å². The molecule has 15 heavy (non-hydrogen) atoms. The molecule has 0 unspecified atom stereocenters. The molecule has 3 heteroatoms. The highest BCUT2D eigenvalue weighted by molar-refractivity contribution is 5.22. The van der Waals surface area contributed by atoms with Crippen molar-refractivity contribution in [1.29, 1.82) is 0 Å². The van der Waals surface area contributed by atoms with Gasteiger partial charge in [-0.1, -0.05) is 0 Å². The van der Waals surface area contributed by atoms with E-state index in [0.29, 0.717) is 12.1 Å². The topological polar surface area (TPSA) is 25.4 Å². The van der Waals surface area contributed by atoms with Crippen molar-refractivity contribution < 1.29 is 4.74 Å².